The molecule has 106 valence electrons. The molecule has 2 saturated heterocycles. The highest BCUT2D eigenvalue weighted by atomic mass is 16.8. The number of fused-ring (bicyclic) bond motifs is 2. The zero-order valence-electron chi connectivity index (χ0n) is 11.1. The molecular formula is C12H16O7. The molecule has 0 unspecified atom stereocenters. The molecule has 2 fully saturated rings. The third kappa shape index (κ3) is 1.93. The molecule has 0 N–H and O–H groups in total. The Kier molecular flexibility index (Phi) is 3.36. The van der Waals surface area contributed by atoms with Crippen LogP contribution in [0, 0.1) is 0 Å². The first-order valence-corrected chi connectivity index (χ1v) is 6.06. The van der Waals surface area contributed by atoms with Gasteiger partial charge in [-0.15, -0.1) is 0 Å². The van der Waals surface area contributed by atoms with Crippen LogP contribution < -0.4 is 0 Å². The molecule has 2 aliphatic rings. The Morgan fingerprint density at radius 2 is 2.16 bits per heavy atom. The predicted molar refractivity (Wildman–Crippen MR) is 60.0 cm³/mol. The number of carbonyl (C=O) groups is 3. The summed E-state index contributed by atoms with van der Waals surface area (Å²) in [6, 6.07) is 0. The summed E-state index contributed by atoms with van der Waals surface area (Å²) in [5.74, 6) is -3.40. The third-order valence-electron chi connectivity index (χ3n) is 3.33. The molecule has 0 radical (unpaired) electrons. The number of ketones is 1. The van der Waals surface area contributed by atoms with Crippen LogP contribution in [0.1, 0.15) is 26.7 Å². The Morgan fingerprint density at radius 3 is 2.74 bits per heavy atom. The summed E-state index contributed by atoms with van der Waals surface area (Å²) in [4.78, 5) is 36.0. The molecular weight excluding hydrogens is 256 g/mol. The van der Waals surface area contributed by atoms with Gasteiger partial charge in [0, 0.05) is 12.8 Å². The van der Waals surface area contributed by atoms with Crippen LogP contribution in [0.3, 0.4) is 0 Å². The maximum atomic E-state index is 12.1. The molecule has 2 bridgehead atoms. The van der Waals surface area contributed by atoms with Crippen molar-refractivity contribution in [2.24, 2.45) is 0 Å². The van der Waals surface area contributed by atoms with Crippen LogP contribution in [0.15, 0.2) is 0 Å². The summed E-state index contributed by atoms with van der Waals surface area (Å²) in [5, 5.41) is 0. The Labute approximate surface area is 110 Å². The summed E-state index contributed by atoms with van der Waals surface area (Å²) in [5.41, 5.74) is -2.03. The Balaban J connectivity index is 2.45. The number of esters is 2. The number of hydrogen-bond donors (Lipinski definition) is 0. The van der Waals surface area contributed by atoms with Crippen molar-refractivity contribution in [2.45, 2.75) is 44.2 Å². The van der Waals surface area contributed by atoms with Gasteiger partial charge in [0.1, 0.15) is 0 Å². The van der Waals surface area contributed by atoms with Gasteiger partial charge in [-0.3, -0.25) is 4.79 Å². The van der Waals surface area contributed by atoms with Crippen LogP contribution in [0.5, 0.6) is 0 Å². The number of rotatable bonds is 3. The second-order valence-corrected chi connectivity index (χ2v) is 4.64. The first-order chi connectivity index (χ1) is 8.89. The van der Waals surface area contributed by atoms with E-state index in [1.165, 1.54) is 0 Å². The van der Waals surface area contributed by atoms with E-state index in [0.717, 1.165) is 7.11 Å². The largest absolute Gasteiger partial charge is 0.467 e. The van der Waals surface area contributed by atoms with Crippen molar-refractivity contribution in [2.75, 3.05) is 13.7 Å². The quantitative estimate of drug-likeness (QED) is 0.526. The highest BCUT2D eigenvalue weighted by molar-refractivity contribution is 6.12. The van der Waals surface area contributed by atoms with Crippen LogP contribution in [0.4, 0.5) is 0 Å². The molecule has 0 amide bonds. The van der Waals surface area contributed by atoms with Crippen LogP contribution in [-0.2, 0) is 33.3 Å². The van der Waals surface area contributed by atoms with Crippen molar-refractivity contribution in [1.82, 2.24) is 0 Å². The van der Waals surface area contributed by atoms with Gasteiger partial charge in [-0.05, 0) is 13.8 Å². The van der Waals surface area contributed by atoms with Gasteiger partial charge in [0.15, 0.2) is 11.6 Å². The maximum absolute atomic E-state index is 12.1. The van der Waals surface area contributed by atoms with Crippen molar-refractivity contribution in [1.29, 1.82) is 0 Å². The number of methoxy groups -OCH3 is 1. The van der Waals surface area contributed by atoms with Gasteiger partial charge in [-0.1, -0.05) is 0 Å². The van der Waals surface area contributed by atoms with E-state index in [0.29, 0.717) is 0 Å². The molecule has 19 heavy (non-hydrogen) atoms. The van der Waals surface area contributed by atoms with Gasteiger partial charge in [0.25, 0.3) is 5.60 Å². The van der Waals surface area contributed by atoms with Gasteiger partial charge >= 0.3 is 11.9 Å². The number of ether oxygens (including phenoxy) is 4. The highest BCUT2D eigenvalue weighted by Gasteiger charge is 2.70. The van der Waals surface area contributed by atoms with Crippen LogP contribution >= 0.6 is 0 Å². The average Bonchev–Trinajstić information content (AvgIpc) is 2.65. The fourth-order valence-corrected chi connectivity index (χ4v) is 2.41. The number of carbonyl (C=O) groups excluding carboxylic acids is 3. The van der Waals surface area contributed by atoms with Crippen molar-refractivity contribution >= 4 is 17.7 Å². The number of Topliss-reactive ketones (excluding diaryl/α,β-unsaturated/α-hetero) is 1. The Morgan fingerprint density at radius 1 is 1.47 bits per heavy atom. The summed E-state index contributed by atoms with van der Waals surface area (Å²) in [6.45, 7) is 3.25. The standard InChI is InChI=1S/C12H16O7/c1-4-17-10(15)12-7(13)5-6-11(2,19-12)18-8(12)9(14)16-3/h8H,4-6H2,1-3H3/t8-,11+,12-/m0/s1. The van der Waals surface area contributed by atoms with E-state index in [1.807, 2.05) is 0 Å². The van der Waals surface area contributed by atoms with E-state index in [2.05, 4.69) is 4.74 Å². The molecule has 0 aromatic heterocycles. The highest BCUT2D eigenvalue weighted by Crippen LogP contribution is 2.46. The van der Waals surface area contributed by atoms with Gasteiger partial charge in [0.2, 0.25) is 6.10 Å². The fourth-order valence-electron chi connectivity index (χ4n) is 2.41. The predicted octanol–water partition coefficient (Wildman–Crippen LogP) is -0.0442. The molecule has 2 heterocycles. The molecule has 0 aromatic rings. The van der Waals surface area contributed by atoms with Crippen LogP contribution in [0.25, 0.3) is 0 Å². The summed E-state index contributed by atoms with van der Waals surface area (Å²) >= 11 is 0. The lowest BCUT2D eigenvalue weighted by molar-refractivity contribution is -0.211. The first kappa shape index (κ1) is 14.0. The van der Waals surface area contributed by atoms with Crippen LogP contribution in [-0.4, -0.2) is 48.9 Å². The topological polar surface area (TPSA) is 88.1 Å². The van der Waals surface area contributed by atoms with E-state index < -0.39 is 35.2 Å². The van der Waals surface area contributed by atoms with Gasteiger partial charge in [0.05, 0.1) is 13.7 Å². The Hall–Kier alpha value is -1.47. The average molecular weight is 272 g/mol. The summed E-state index contributed by atoms with van der Waals surface area (Å²) in [7, 11) is 1.15. The lowest BCUT2D eigenvalue weighted by atomic mass is 9.87. The minimum Gasteiger partial charge on any atom is -0.467 e. The SMILES string of the molecule is CCOC(=O)[C@]12O[C@](C)(CCC1=O)O[C@H]2C(=O)OC. The molecule has 7 heteroatoms. The van der Waals surface area contributed by atoms with Crippen molar-refractivity contribution in [3.8, 4) is 0 Å². The molecule has 2 rings (SSSR count). The molecule has 0 aromatic carbocycles. The number of hydrogen-bond acceptors (Lipinski definition) is 7. The molecule has 0 spiro atoms. The lowest BCUT2D eigenvalue weighted by Crippen LogP contribution is -2.59. The van der Waals surface area contributed by atoms with Gasteiger partial charge in [-0.2, -0.15) is 0 Å². The smallest absolute Gasteiger partial charge is 0.349 e. The molecule has 0 saturated carbocycles. The zero-order valence-corrected chi connectivity index (χ0v) is 11.1. The molecule has 2 aliphatic heterocycles. The lowest BCUT2D eigenvalue weighted by Gasteiger charge is -2.32. The van der Waals surface area contributed by atoms with Crippen LogP contribution in [0.2, 0.25) is 0 Å². The minimum atomic E-state index is -2.03. The molecule has 3 atom stereocenters. The zero-order chi connectivity index (χ0) is 14.3. The second kappa shape index (κ2) is 4.57. The summed E-state index contributed by atoms with van der Waals surface area (Å²) in [6.07, 6.45) is -1.06. The second-order valence-electron chi connectivity index (χ2n) is 4.64. The minimum absolute atomic E-state index is 0.0713. The monoisotopic (exact) mass is 272 g/mol. The van der Waals surface area contributed by atoms with E-state index in [9.17, 15) is 14.4 Å². The van der Waals surface area contributed by atoms with Gasteiger partial charge < -0.3 is 18.9 Å². The Bertz CT molecular complexity index is 432. The maximum Gasteiger partial charge on any atom is 0.349 e. The van der Waals surface area contributed by atoms with Crippen molar-refractivity contribution in [3.05, 3.63) is 0 Å². The van der Waals surface area contributed by atoms with Gasteiger partial charge in [-0.25, -0.2) is 9.59 Å². The van der Waals surface area contributed by atoms with Crippen molar-refractivity contribution in [3.63, 3.8) is 0 Å². The van der Waals surface area contributed by atoms with E-state index in [4.69, 9.17) is 14.2 Å². The van der Waals surface area contributed by atoms with E-state index in [-0.39, 0.29) is 19.4 Å². The summed E-state index contributed by atoms with van der Waals surface area (Å²) < 4.78 is 20.4. The van der Waals surface area contributed by atoms with E-state index >= 15 is 0 Å². The molecule has 0 aliphatic carbocycles. The first-order valence-electron chi connectivity index (χ1n) is 6.06. The fraction of sp³-hybridized carbons (Fsp3) is 0.750. The third-order valence-corrected chi connectivity index (χ3v) is 3.33. The van der Waals surface area contributed by atoms with E-state index in [1.54, 1.807) is 13.8 Å². The molecule has 7 nitrogen and oxygen atoms in total. The normalized spacial score (nSPS) is 37.0. The van der Waals surface area contributed by atoms with Crippen molar-refractivity contribution < 1.29 is 33.3 Å².